The summed E-state index contributed by atoms with van der Waals surface area (Å²) in [7, 11) is -2.15. The van der Waals surface area contributed by atoms with E-state index in [1.807, 2.05) is 0 Å². The van der Waals surface area contributed by atoms with E-state index in [1.54, 1.807) is 17.0 Å². The fraction of sp³-hybridized carbons (Fsp3) is 0.478. The van der Waals surface area contributed by atoms with Crippen LogP contribution in [0.2, 0.25) is 0 Å². The van der Waals surface area contributed by atoms with Gasteiger partial charge in [-0.15, -0.1) is 17.9 Å². The summed E-state index contributed by atoms with van der Waals surface area (Å²) in [6.07, 6.45) is 1.64. The number of imidazole rings is 1. The summed E-state index contributed by atoms with van der Waals surface area (Å²) in [6, 6.07) is -0.952. The van der Waals surface area contributed by atoms with Crippen molar-refractivity contribution in [3.8, 4) is 0 Å². The summed E-state index contributed by atoms with van der Waals surface area (Å²) in [5, 5.41) is 13.2. The monoisotopic (exact) mass is 597 g/mol. The molecule has 17 heteroatoms. The second-order valence-electron chi connectivity index (χ2n) is 8.92. The van der Waals surface area contributed by atoms with Gasteiger partial charge in [0.1, 0.15) is 18.1 Å². The fourth-order valence-electron chi connectivity index (χ4n) is 4.18. The van der Waals surface area contributed by atoms with E-state index in [0.717, 1.165) is 0 Å². The first kappa shape index (κ1) is 31.4. The lowest BCUT2D eigenvalue weighted by molar-refractivity contribution is -0.140. The van der Waals surface area contributed by atoms with Crippen LogP contribution in [-0.4, -0.2) is 88.9 Å². The first-order chi connectivity index (χ1) is 19.0. The van der Waals surface area contributed by atoms with Crippen molar-refractivity contribution in [3.63, 3.8) is 0 Å². The van der Waals surface area contributed by atoms with Crippen LogP contribution in [0.25, 0.3) is 11.2 Å². The average molecular weight is 598 g/mol. The number of amides is 1. The average Bonchev–Trinajstić information content (AvgIpc) is 3.59. The molecule has 15 nitrogen and oxygen atoms in total. The van der Waals surface area contributed by atoms with Crippen molar-refractivity contribution in [2.24, 2.45) is 5.92 Å². The number of aromatic nitrogens is 5. The van der Waals surface area contributed by atoms with Crippen LogP contribution in [0.15, 0.2) is 36.2 Å². The maximum absolute atomic E-state index is 13.8. The molecule has 0 aromatic carbocycles. The number of Topliss-reactive ketones (excluding diaryl/α,β-unsaturated/α-hetero) is 1. The summed E-state index contributed by atoms with van der Waals surface area (Å²) in [5.41, 5.74) is 8.45. The first-order valence-corrected chi connectivity index (χ1v) is 14.5. The number of phosphoric acid groups is 1. The topological polar surface area (TPSA) is 216 Å². The molecule has 0 saturated heterocycles. The minimum Gasteiger partial charge on any atom is -0.382 e. The molecule has 0 fully saturated rings. The SMILES string of the molecule is C=CCCC(=O)N(C)[C@@H](Cc1cscn1)C(=O)C[C@@H]([C@@H](O)n1cnc2c(N)ncnc21)[C@@H](COP(=O)(O)O)OC. The molecule has 3 rings (SSSR count). The Morgan fingerprint density at radius 3 is 2.67 bits per heavy atom. The minimum atomic E-state index is -4.91. The van der Waals surface area contributed by atoms with Crippen molar-refractivity contribution in [1.29, 1.82) is 0 Å². The number of ether oxygens (including phenoxy) is 1. The summed E-state index contributed by atoms with van der Waals surface area (Å²) in [4.78, 5) is 62.9. The lowest BCUT2D eigenvalue weighted by atomic mass is 9.90. The maximum Gasteiger partial charge on any atom is 0.469 e. The predicted octanol–water partition coefficient (Wildman–Crippen LogP) is 1.09. The quantitative estimate of drug-likeness (QED) is 0.134. The van der Waals surface area contributed by atoms with Crippen LogP contribution in [0.4, 0.5) is 5.82 Å². The van der Waals surface area contributed by atoms with Gasteiger partial charge < -0.3 is 30.3 Å². The molecule has 0 bridgehead atoms. The Labute approximate surface area is 233 Å². The van der Waals surface area contributed by atoms with Gasteiger partial charge in [0, 0.05) is 44.7 Å². The zero-order chi connectivity index (χ0) is 29.4. The number of rotatable bonds is 16. The largest absolute Gasteiger partial charge is 0.469 e. The molecule has 4 atom stereocenters. The third-order valence-corrected chi connectivity index (χ3v) is 7.48. The molecule has 3 aromatic heterocycles. The zero-order valence-electron chi connectivity index (χ0n) is 21.9. The highest BCUT2D eigenvalue weighted by Gasteiger charge is 2.38. The highest BCUT2D eigenvalue weighted by atomic mass is 32.1. The van der Waals surface area contributed by atoms with Crippen LogP contribution >= 0.6 is 19.2 Å². The van der Waals surface area contributed by atoms with Gasteiger partial charge in [-0.25, -0.2) is 24.5 Å². The van der Waals surface area contributed by atoms with Gasteiger partial charge in [-0.3, -0.25) is 18.7 Å². The molecule has 3 heterocycles. The number of nitrogens with zero attached hydrogens (tertiary/aromatic N) is 6. The van der Waals surface area contributed by atoms with Crippen LogP contribution in [0.5, 0.6) is 0 Å². The van der Waals surface area contributed by atoms with E-state index >= 15 is 0 Å². The van der Waals surface area contributed by atoms with Gasteiger partial charge in [0.05, 0.1) is 36.3 Å². The zero-order valence-corrected chi connectivity index (χ0v) is 23.6. The fourth-order valence-corrected chi connectivity index (χ4v) is 5.10. The van der Waals surface area contributed by atoms with Crippen molar-refractivity contribution in [2.45, 2.75) is 44.1 Å². The van der Waals surface area contributed by atoms with Gasteiger partial charge in [0.25, 0.3) is 0 Å². The number of phosphoric ester groups is 1. The van der Waals surface area contributed by atoms with Gasteiger partial charge in [0.15, 0.2) is 17.2 Å². The Balaban J connectivity index is 1.98. The van der Waals surface area contributed by atoms with Crippen molar-refractivity contribution < 1.29 is 38.3 Å². The molecular weight excluding hydrogens is 565 g/mol. The summed E-state index contributed by atoms with van der Waals surface area (Å²) >= 11 is 1.34. The van der Waals surface area contributed by atoms with E-state index in [9.17, 15) is 29.0 Å². The normalized spacial score (nSPS) is 14.9. The Bertz CT molecular complexity index is 1350. The third kappa shape index (κ3) is 7.97. The number of fused-ring (bicyclic) bond motifs is 1. The van der Waals surface area contributed by atoms with Crippen molar-refractivity contribution in [2.75, 3.05) is 26.5 Å². The van der Waals surface area contributed by atoms with E-state index in [-0.39, 0.29) is 42.2 Å². The van der Waals surface area contributed by atoms with Crippen LogP contribution in [-0.2, 0) is 29.8 Å². The Morgan fingerprint density at radius 1 is 1.30 bits per heavy atom. The van der Waals surface area contributed by atoms with Crippen molar-refractivity contribution in [3.05, 3.63) is 41.9 Å². The van der Waals surface area contributed by atoms with E-state index in [0.29, 0.717) is 12.1 Å². The number of nitrogens with two attached hydrogens (primary N) is 1. The number of nitrogen functional groups attached to an aromatic ring is 1. The Morgan fingerprint density at radius 2 is 2.05 bits per heavy atom. The number of allylic oxidation sites excluding steroid dienone is 1. The lowest BCUT2D eigenvalue weighted by Crippen LogP contribution is -2.46. The van der Waals surface area contributed by atoms with Crippen LogP contribution in [0, 0.1) is 5.92 Å². The van der Waals surface area contributed by atoms with Crippen LogP contribution in [0.1, 0.15) is 31.2 Å². The number of ketones is 1. The smallest absolute Gasteiger partial charge is 0.382 e. The van der Waals surface area contributed by atoms with Gasteiger partial charge in [-0.05, 0) is 6.42 Å². The van der Waals surface area contributed by atoms with E-state index in [2.05, 4.69) is 31.0 Å². The number of aliphatic hydroxyl groups is 1. The lowest BCUT2D eigenvalue weighted by Gasteiger charge is -2.33. The molecule has 0 saturated carbocycles. The van der Waals surface area contributed by atoms with Gasteiger partial charge in [-0.2, -0.15) is 0 Å². The van der Waals surface area contributed by atoms with Crippen molar-refractivity contribution >= 4 is 47.8 Å². The number of carbonyl (C=O) groups is 2. The molecule has 5 N–H and O–H groups in total. The number of hydrogen-bond acceptors (Lipinski definition) is 12. The molecular formula is C23H32N7O8PS. The van der Waals surface area contributed by atoms with Gasteiger partial charge in [0.2, 0.25) is 5.91 Å². The number of carbonyl (C=O) groups excluding carboxylic acids is 2. The molecule has 0 spiro atoms. The molecule has 0 aliphatic heterocycles. The van der Waals surface area contributed by atoms with Crippen LogP contribution in [0.3, 0.4) is 0 Å². The Hall–Kier alpha value is -3.11. The third-order valence-electron chi connectivity index (χ3n) is 6.36. The number of likely N-dealkylation sites (N-methyl/N-ethyl adjacent to an activating group) is 1. The van der Waals surface area contributed by atoms with E-state index in [1.165, 1.54) is 47.6 Å². The Kier molecular flexibility index (Phi) is 11.0. The molecule has 40 heavy (non-hydrogen) atoms. The number of hydrogen-bond donors (Lipinski definition) is 4. The minimum absolute atomic E-state index is 0.0692. The van der Waals surface area contributed by atoms with E-state index < -0.39 is 44.5 Å². The summed E-state index contributed by atoms with van der Waals surface area (Å²) < 4.78 is 22.8. The number of methoxy groups -OCH3 is 1. The molecule has 1 amide bonds. The molecule has 0 aliphatic rings. The molecule has 0 aliphatic carbocycles. The van der Waals surface area contributed by atoms with Crippen LogP contribution < -0.4 is 5.73 Å². The van der Waals surface area contributed by atoms with Crippen molar-refractivity contribution in [1.82, 2.24) is 29.4 Å². The second-order valence-corrected chi connectivity index (χ2v) is 10.9. The number of anilines is 1. The van der Waals surface area contributed by atoms with Gasteiger partial charge >= 0.3 is 7.82 Å². The predicted molar refractivity (Wildman–Crippen MR) is 145 cm³/mol. The molecule has 218 valence electrons. The highest BCUT2D eigenvalue weighted by Crippen LogP contribution is 2.38. The number of thiazole rings is 1. The highest BCUT2D eigenvalue weighted by molar-refractivity contribution is 7.46. The second kappa shape index (κ2) is 14.0. The standard InChI is InChI=1S/C23H32N7O8PS/c1-4-5-6-19(32)29(2)16(7-14-10-40-13-28-14)17(31)8-15(18(37-3)9-38-39(34,35)36)23(33)30-12-27-20-21(24)25-11-26-22(20)30/h4,10-13,15-16,18,23,33H,1,5-9H2,2-3H3,(H2,24,25,26)(H2,34,35,36)/t15-,16+,18-,23-/m1/s1. The number of aliphatic hydroxyl groups excluding tert-OH is 1. The maximum atomic E-state index is 13.8. The van der Waals surface area contributed by atoms with E-state index in [4.69, 9.17) is 10.5 Å². The first-order valence-electron chi connectivity index (χ1n) is 12.1. The molecule has 0 unspecified atom stereocenters. The summed E-state index contributed by atoms with van der Waals surface area (Å²) in [6.45, 7) is 2.98. The molecule has 3 aromatic rings. The van der Waals surface area contributed by atoms with Gasteiger partial charge in [-0.1, -0.05) is 6.08 Å². The molecule has 0 radical (unpaired) electrons. The summed E-state index contributed by atoms with van der Waals surface area (Å²) in [5.74, 6) is -1.79.